The Morgan fingerprint density at radius 3 is 2.19 bits per heavy atom. The van der Waals surface area contributed by atoms with E-state index in [1.165, 1.54) is 0 Å². The van der Waals surface area contributed by atoms with E-state index in [0.29, 0.717) is 46.7 Å². The number of methoxy groups -OCH3 is 1. The number of anilines is 2. The van der Waals surface area contributed by atoms with Crippen LogP contribution in [0.25, 0.3) is 0 Å². The molecule has 0 heterocycles. The predicted molar refractivity (Wildman–Crippen MR) is 144 cm³/mol. The smallest absolute Gasteiger partial charge is 0.265 e. The molecular weight excluding hydrogens is 502 g/mol. The Bertz CT molecular complexity index is 1190. The van der Waals surface area contributed by atoms with Crippen molar-refractivity contribution in [2.24, 2.45) is 0 Å². The second-order valence-electron chi connectivity index (χ2n) is 7.53. The number of halogens is 1. The van der Waals surface area contributed by atoms with E-state index in [1.54, 1.807) is 86.8 Å². The highest BCUT2D eigenvalue weighted by Crippen LogP contribution is 2.24. The first-order valence-electron chi connectivity index (χ1n) is 11.0. The number of amides is 2. The summed E-state index contributed by atoms with van der Waals surface area (Å²) in [5.74, 6) is 0.394. The fraction of sp³-hybridized carbons (Fsp3) is 0.192. The minimum Gasteiger partial charge on any atom is -0.491 e. The van der Waals surface area contributed by atoms with Gasteiger partial charge in [0.25, 0.3) is 11.8 Å². The summed E-state index contributed by atoms with van der Waals surface area (Å²) in [4.78, 5) is 24.9. The fourth-order valence-electron chi connectivity index (χ4n) is 2.95. The molecular formula is C26H26ClN3O5S. The maximum Gasteiger partial charge on any atom is 0.265 e. The SMILES string of the molecule is COCCOc1ccc(C(=O)NC(=S)Nc2ccc(NC(=O)C(C)Oc3ccccc3Cl)cc2)cc1. The molecule has 3 rings (SSSR count). The van der Waals surface area contributed by atoms with Gasteiger partial charge in [0, 0.05) is 24.0 Å². The molecule has 0 radical (unpaired) electrons. The van der Waals surface area contributed by atoms with E-state index in [9.17, 15) is 9.59 Å². The van der Waals surface area contributed by atoms with Gasteiger partial charge < -0.3 is 24.8 Å². The van der Waals surface area contributed by atoms with E-state index in [1.807, 2.05) is 0 Å². The van der Waals surface area contributed by atoms with Gasteiger partial charge in [-0.3, -0.25) is 14.9 Å². The standard InChI is InChI=1S/C26H26ClN3O5S/c1-17(35-23-6-4-3-5-22(23)27)24(31)28-19-9-11-20(12-10-19)29-26(36)30-25(32)18-7-13-21(14-8-18)34-16-15-33-2/h3-14,17H,15-16H2,1-2H3,(H,28,31)(H2,29,30,32,36). The topological polar surface area (TPSA) is 97.9 Å². The third-order valence-electron chi connectivity index (χ3n) is 4.82. The highest BCUT2D eigenvalue weighted by Gasteiger charge is 2.16. The van der Waals surface area contributed by atoms with Gasteiger partial charge in [-0.1, -0.05) is 23.7 Å². The molecule has 1 atom stereocenters. The monoisotopic (exact) mass is 527 g/mol. The van der Waals surface area contributed by atoms with Gasteiger partial charge in [-0.15, -0.1) is 0 Å². The first-order valence-corrected chi connectivity index (χ1v) is 11.8. The van der Waals surface area contributed by atoms with Crippen LogP contribution in [0.2, 0.25) is 5.02 Å². The van der Waals surface area contributed by atoms with E-state index < -0.39 is 6.10 Å². The van der Waals surface area contributed by atoms with E-state index in [-0.39, 0.29) is 16.9 Å². The molecule has 10 heteroatoms. The third-order valence-corrected chi connectivity index (χ3v) is 5.34. The van der Waals surface area contributed by atoms with E-state index in [4.69, 9.17) is 38.0 Å². The van der Waals surface area contributed by atoms with Crippen molar-refractivity contribution in [3.8, 4) is 11.5 Å². The van der Waals surface area contributed by atoms with Gasteiger partial charge in [0.15, 0.2) is 11.2 Å². The molecule has 0 aliphatic rings. The number of carbonyl (C=O) groups is 2. The number of thiocarbonyl (C=S) groups is 1. The lowest BCUT2D eigenvalue weighted by Gasteiger charge is -2.16. The second-order valence-corrected chi connectivity index (χ2v) is 8.35. The van der Waals surface area contributed by atoms with Gasteiger partial charge in [-0.05, 0) is 79.8 Å². The highest BCUT2D eigenvalue weighted by atomic mass is 35.5. The first-order chi connectivity index (χ1) is 17.4. The molecule has 0 aliphatic carbocycles. The molecule has 36 heavy (non-hydrogen) atoms. The van der Waals surface area contributed by atoms with Crippen LogP contribution >= 0.6 is 23.8 Å². The van der Waals surface area contributed by atoms with Crippen molar-refractivity contribution in [2.45, 2.75) is 13.0 Å². The van der Waals surface area contributed by atoms with Crippen molar-refractivity contribution in [3.05, 3.63) is 83.4 Å². The van der Waals surface area contributed by atoms with Crippen molar-refractivity contribution >= 4 is 52.1 Å². The van der Waals surface area contributed by atoms with Crippen LogP contribution in [0.3, 0.4) is 0 Å². The fourth-order valence-corrected chi connectivity index (χ4v) is 3.34. The summed E-state index contributed by atoms with van der Waals surface area (Å²) in [6, 6.07) is 20.5. The van der Waals surface area contributed by atoms with Crippen LogP contribution in [-0.2, 0) is 9.53 Å². The summed E-state index contributed by atoms with van der Waals surface area (Å²) in [6.07, 6.45) is -0.753. The normalized spacial score (nSPS) is 11.2. The molecule has 3 N–H and O–H groups in total. The first kappa shape index (κ1) is 26.9. The average Bonchev–Trinajstić information content (AvgIpc) is 2.87. The van der Waals surface area contributed by atoms with Gasteiger partial charge in [0.2, 0.25) is 0 Å². The van der Waals surface area contributed by atoms with Gasteiger partial charge in [-0.25, -0.2) is 0 Å². The number of ether oxygens (including phenoxy) is 3. The quantitative estimate of drug-likeness (QED) is 0.255. The molecule has 0 aromatic heterocycles. The summed E-state index contributed by atoms with van der Waals surface area (Å²) < 4.78 is 16.1. The van der Waals surface area contributed by atoms with Crippen molar-refractivity contribution < 1.29 is 23.8 Å². The average molecular weight is 528 g/mol. The summed E-state index contributed by atoms with van der Waals surface area (Å²) in [7, 11) is 1.60. The number of benzene rings is 3. The van der Waals surface area contributed by atoms with Crippen molar-refractivity contribution in [1.82, 2.24) is 5.32 Å². The Morgan fingerprint density at radius 1 is 0.917 bits per heavy atom. The second kappa shape index (κ2) is 13.4. The summed E-state index contributed by atoms with van der Waals surface area (Å²) in [5, 5.41) is 8.92. The number of hydrogen-bond donors (Lipinski definition) is 3. The molecule has 0 spiro atoms. The molecule has 2 amide bonds. The summed E-state index contributed by atoms with van der Waals surface area (Å²) >= 11 is 11.3. The summed E-state index contributed by atoms with van der Waals surface area (Å²) in [6.45, 7) is 2.54. The van der Waals surface area contributed by atoms with Gasteiger partial charge in [0.1, 0.15) is 18.1 Å². The zero-order valence-corrected chi connectivity index (χ0v) is 21.3. The van der Waals surface area contributed by atoms with Gasteiger partial charge >= 0.3 is 0 Å². The molecule has 0 fully saturated rings. The molecule has 0 saturated carbocycles. The highest BCUT2D eigenvalue weighted by molar-refractivity contribution is 7.80. The minimum absolute atomic E-state index is 0.138. The Kier molecular flexibility index (Phi) is 10.1. The lowest BCUT2D eigenvalue weighted by atomic mass is 10.2. The summed E-state index contributed by atoms with van der Waals surface area (Å²) in [5.41, 5.74) is 1.65. The van der Waals surface area contributed by atoms with Crippen molar-refractivity contribution in [1.29, 1.82) is 0 Å². The lowest BCUT2D eigenvalue weighted by Crippen LogP contribution is -2.34. The Hall–Kier alpha value is -3.66. The third kappa shape index (κ3) is 8.23. The van der Waals surface area contributed by atoms with Gasteiger partial charge in [0.05, 0.1) is 11.6 Å². The molecule has 3 aromatic carbocycles. The minimum atomic E-state index is -0.753. The Labute approximate surface area is 219 Å². The maximum atomic E-state index is 12.5. The molecule has 0 aliphatic heterocycles. The zero-order chi connectivity index (χ0) is 25.9. The lowest BCUT2D eigenvalue weighted by molar-refractivity contribution is -0.122. The number of para-hydroxylation sites is 1. The zero-order valence-electron chi connectivity index (χ0n) is 19.7. The maximum absolute atomic E-state index is 12.5. The number of rotatable bonds is 10. The Morgan fingerprint density at radius 2 is 1.56 bits per heavy atom. The molecule has 188 valence electrons. The van der Waals surface area contributed by atoms with Crippen LogP contribution in [0.5, 0.6) is 11.5 Å². The van der Waals surface area contributed by atoms with Crippen molar-refractivity contribution in [2.75, 3.05) is 31.0 Å². The molecule has 3 aromatic rings. The number of nitrogens with one attached hydrogen (secondary N) is 3. The van der Waals surface area contributed by atoms with Crippen LogP contribution in [0.4, 0.5) is 11.4 Å². The number of hydrogen-bond acceptors (Lipinski definition) is 6. The molecule has 1 unspecified atom stereocenters. The van der Waals surface area contributed by atoms with Crippen molar-refractivity contribution in [3.63, 3.8) is 0 Å². The van der Waals surface area contributed by atoms with E-state index in [2.05, 4.69) is 16.0 Å². The van der Waals surface area contributed by atoms with E-state index >= 15 is 0 Å². The van der Waals surface area contributed by atoms with Crippen LogP contribution in [0.15, 0.2) is 72.8 Å². The molecule has 0 saturated heterocycles. The molecule has 8 nitrogen and oxygen atoms in total. The van der Waals surface area contributed by atoms with Crippen LogP contribution < -0.4 is 25.4 Å². The van der Waals surface area contributed by atoms with Crippen LogP contribution in [0, 0.1) is 0 Å². The van der Waals surface area contributed by atoms with E-state index in [0.717, 1.165) is 0 Å². The van der Waals surface area contributed by atoms with Crippen LogP contribution in [-0.4, -0.2) is 43.4 Å². The Balaban J connectivity index is 1.47. The van der Waals surface area contributed by atoms with Gasteiger partial charge in [-0.2, -0.15) is 0 Å². The number of carbonyl (C=O) groups excluding carboxylic acids is 2. The largest absolute Gasteiger partial charge is 0.491 e. The predicted octanol–water partition coefficient (Wildman–Crippen LogP) is 4.90. The molecule has 0 bridgehead atoms. The van der Waals surface area contributed by atoms with Crippen LogP contribution in [0.1, 0.15) is 17.3 Å².